The molecule has 0 radical (unpaired) electrons. The molecule has 0 saturated carbocycles. The van der Waals surface area contributed by atoms with E-state index in [9.17, 15) is 0 Å². The molecule has 0 aliphatic rings. The molecule has 0 bridgehead atoms. The van der Waals surface area contributed by atoms with Gasteiger partial charge in [-0.2, -0.15) is 0 Å². The van der Waals surface area contributed by atoms with Crippen LogP contribution in [0.15, 0.2) is 34.2 Å². The van der Waals surface area contributed by atoms with Crippen LogP contribution >= 0.6 is 0 Å². The van der Waals surface area contributed by atoms with Crippen molar-refractivity contribution < 1.29 is 0 Å². The van der Waals surface area contributed by atoms with Gasteiger partial charge in [0.2, 0.25) is 0 Å². The van der Waals surface area contributed by atoms with E-state index in [0.29, 0.717) is 0 Å². The highest BCUT2D eigenvalue weighted by atomic mass is 15.1. The summed E-state index contributed by atoms with van der Waals surface area (Å²) < 4.78 is 0. The lowest BCUT2D eigenvalue weighted by Crippen LogP contribution is -2.22. The molecule has 0 aromatic heterocycles. The summed E-state index contributed by atoms with van der Waals surface area (Å²) in [6.07, 6.45) is 6.73. The van der Waals surface area contributed by atoms with Gasteiger partial charge < -0.3 is 10.6 Å². The second-order valence-corrected chi connectivity index (χ2v) is 2.93. The van der Waals surface area contributed by atoms with Gasteiger partial charge in [-0.15, -0.1) is 0 Å². The zero-order chi connectivity index (χ0) is 11.0. The summed E-state index contributed by atoms with van der Waals surface area (Å²) in [6.45, 7) is 3.75. The van der Waals surface area contributed by atoms with Gasteiger partial charge in [0, 0.05) is 26.5 Å². The predicted molar refractivity (Wildman–Crippen MR) is 62.4 cm³/mol. The maximum atomic E-state index is 5.29. The van der Waals surface area contributed by atoms with Crippen molar-refractivity contribution >= 4 is 12.1 Å². The van der Waals surface area contributed by atoms with E-state index in [0.717, 1.165) is 11.5 Å². The highest BCUT2D eigenvalue weighted by Gasteiger charge is 1.95. The average Bonchev–Trinajstić information content (AvgIpc) is 2.16. The molecule has 14 heavy (non-hydrogen) atoms. The summed E-state index contributed by atoms with van der Waals surface area (Å²) >= 11 is 0. The van der Waals surface area contributed by atoms with Gasteiger partial charge >= 0.3 is 0 Å². The first kappa shape index (κ1) is 12.4. The molecule has 0 aliphatic carbocycles. The van der Waals surface area contributed by atoms with E-state index in [4.69, 9.17) is 5.73 Å². The van der Waals surface area contributed by atoms with E-state index in [1.165, 1.54) is 6.20 Å². The van der Waals surface area contributed by atoms with E-state index in [1.807, 2.05) is 38.9 Å². The lowest BCUT2D eigenvalue weighted by molar-refractivity contribution is 0.632. The number of allylic oxidation sites excluding steroid dienone is 2. The Morgan fingerprint density at radius 1 is 1.36 bits per heavy atom. The van der Waals surface area contributed by atoms with Crippen LogP contribution in [0.5, 0.6) is 0 Å². The summed E-state index contributed by atoms with van der Waals surface area (Å²) in [7, 11) is 3.83. The van der Waals surface area contributed by atoms with Crippen LogP contribution in [0, 0.1) is 0 Å². The van der Waals surface area contributed by atoms with Crippen LogP contribution in [0.25, 0.3) is 0 Å². The average molecular weight is 194 g/mol. The molecular formula is C10H18N4. The summed E-state index contributed by atoms with van der Waals surface area (Å²) in [5, 5.41) is 0. The van der Waals surface area contributed by atoms with Crippen LogP contribution in [0.2, 0.25) is 0 Å². The fourth-order valence-corrected chi connectivity index (χ4v) is 0.618. The lowest BCUT2D eigenvalue weighted by atomic mass is 10.5. The fourth-order valence-electron chi connectivity index (χ4n) is 0.618. The van der Waals surface area contributed by atoms with Crippen LogP contribution in [0.3, 0.4) is 0 Å². The SMILES string of the molecule is C/C=C\N=C(C=NC(C)=CN)N(C)C. The molecular weight excluding hydrogens is 176 g/mol. The monoisotopic (exact) mass is 194 g/mol. The smallest absolute Gasteiger partial charge is 0.146 e. The minimum atomic E-state index is 0.764. The highest BCUT2D eigenvalue weighted by molar-refractivity contribution is 6.29. The number of amidine groups is 1. The van der Waals surface area contributed by atoms with Crippen LogP contribution in [-0.2, 0) is 0 Å². The van der Waals surface area contributed by atoms with Crippen molar-refractivity contribution in [2.24, 2.45) is 15.7 Å². The topological polar surface area (TPSA) is 54.0 Å². The zero-order valence-corrected chi connectivity index (χ0v) is 9.23. The molecule has 0 aliphatic heterocycles. The van der Waals surface area contributed by atoms with Crippen LogP contribution in [0.1, 0.15) is 13.8 Å². The molecule has 0 amide bonds. The molecule has 4 nitrogen and oxygen atoms in total. The van der Waals surface area contributed by atoms with Crippen molar-refractivity contribution in [1.29, 1.82) is 0 Å². The van der Waals surface area contributed by atoms with Gasteiger partial charge in [-0.1, -0.05) is 6.08 Å². The standard InChI is InChI=1S/C10H18N4/c1-5-6-12-10(14(3)4)8-13-9(2)7-11/h5-8H,11H2,1-4H3/b6-5-,9-7?,12-10?,13-8?. The minimum absolute atomic E-state index is 0.764. The van der Waals surface area contributed by atoms with Crippen LogP contribution < -0.4 is 5.73 Å². The van der Waals surface area contributed by atoms with Gasteiger partial charge in [0.05, 0.1) is 11.9 Å². The Morgan fingerprint density at radius 2 is 2.00 bits per heavy atom. The Balaban J connectivity index is 4.62. The van der Waals surface area contributed by atoms with Gasteiger partial charge in [0.25, 0.3) is 0 Å². The van der Waals surface area contributed by atoms with Gasteiger partial charge in [-0.3, -0.25) is 4.99 Å². The molecule has 0 fully saturated rings. The van der Waals surface area contributed by atoms with Gasteiger partial charge in [-0.05, 0) is 13.8 Å². The van der Waals surface area contributed by atoms with Crippen LogP contribution in [-0.4, -0.2) is 31.0 Å². The maximum Gasteiger partial charge on any atom is 0.146 e. The van der Waals surface area contributed by atoms with Crippen molar-refractivity contribution in [2.45, 2.75) is 13.8 Å². The third kappa shape index (κ3) is 5.13. The van der Waals surface area contributed by atoms with Crippen LogP contribution in [0.4, 0.5) is 0 Å². The molecule has 0 unspecified atom stereocenters. The molecule has 0 saturated heterocycles. The second kappa shape index (κ2) is 6.88. The summed E-state index contributed by atoms with van der Waals surface area (Å²) in [5.74, 6) is 0.782. The first-order chi connectivity index (χ1) is 6.61. The normalized spacial score (nSPS) is 14.3. The molecule has 78 valence electrons. The van der Waals surface area contributed by atoms with E-state index in [2.05, 4.69) is 9.98 Å². The Bertz CT molecular complexity index is 272. The molecule has 0 atom stereocenters. The predicted octanol–water partition coefficient (Wildman–Crippen LogP) is 1.37. The van der Waals surface area contributed by atoms with Gasteiger partial charge in [0.1, 0.15) is 5.84 Å². The molecule has 0 rings (SSSR count). The summed E-state index contributed by atoms with van der Waals surface area (Å²) in [6, 6.07) is 0. The van der Waals surface area contributed by atoms with Crippen molar-refractivity contribution in [3.8, 4) is 0 Å². The third-order valence-electron chi connectivity index (χ3n) is 1.44. The first-order valence-corrected chi connectivity index (χ1v) is 4.40. The van der Waals surface area contributed by atoms with Gasteiger partial charge in [0.15, 0.2) is 0 Å². The zero-order valence-electron chi connectivity index (χ0n) is 9.23. The van der Waals surface area contributed by atoms with E-state index < -0.39 is 0 Å². The summed E-state index contributed by atoms with van der Waals surface area (Å²) in [5.41, 5.74) is 6.06. The van der Waals surface area contributed by atoms with E-state index >= 15 is 0 Å². The number of hydrogen-bond donors (Lipinski definition) is 1. The maximum absolute atomic E-state index is 5.29. The molecule has 0 aromatic carbocycles. The Hall–Kier alpha value is -1.58. The molecule has 4 heteroatoms. The molecule has 0 heterocycles. The molecule has 2 N–H and O–H groups in total. The Kier molecular flexibility index (Phi) is 6.11. The summed E-state index contributed by atoms with van der Waals surface area (Å²) in [4.78, 5) is 10.2. The largest absolute Gasteiger partial charge is 0.403 e. The third-order valence-corrected chi connectivity index (χ3v) is 1.44. The number of nitrogens with zero attached hydrogens (tertiary/aromatic N) is 3. The number of hydrogen-bond acceptors (Lipinski definition) is 3. The Labute approximate surface area is 85.5 Å². The lowest BCUT2D eigenvalue weighted by Gasteiger charge is -2.10. The van der Waals surface area contributed by atoms with Crippen molar-refractivity contribution in [2.75, 3.05) is 14.1 Å². The highest BCUT2D eigenvalue weighted by Crippen LogP contribution is 1.91. The second-order valence-electron chi connectivity index (χ2n) is 2.93. The van der Waals surface area contributed by atoms with E-state index in [-0.39, 0.29) is 0 Å². The quantitative estimate of drug-likeness (QED) is 0.545. The molecule has 0 spiro atoms. The van der Waals surface area contributed by atoms with E-state index in [1.54, 1.807) is 12.4 Å². The Morgan fingerprint density at radius 3 is 2.43 bits per heavy atom. The first-order valence-electron chi connectivity index (χ1n) is 4.40. The number of rotatable bonds is 3. The number of aliphatic imine (C=N–C) groups is 2. The number of nitrogens with two attached hydrogens (primary N) is 1. The minimum Gasteiger partial charge on any atom is -0.403 e. The fraction of sp³-hybridized carbons (Fsp3) is 0.400. The van der Waals surface area contributed by atoms with Gasteiger partial charge in [-0.25, -0.2) is 4.99 Å². The van der Waals surface area contributed by atoms with Crippen molar-refractivity contribution in [3.05, 3.63) is 24.2 Å². The van der Waals surface area contributed by atoms with Crippen molar-refractivity contribution in [3.63, 3.8) is 0 Å². The molecule has 0 aromatic rings. The van der Waals surface area contributed by atoms with Crippen molar-refractivity contribution in [1.82, 2.24) is 4.90 Å².